The molecule has 0 saturated carbocycles. The fourth-order valence-electron chi connectivity index (χ4n) is 0.285. The van der Waals surface area contributed by atoms with Gasteiger partial charge < -0.3 is 10.8 Å². The number of hydrogen-bond acceptors (Lipinski definition) is 2. The van der Waals surface area contributed by atoms with Gasteiger partial charge in [-0.05, 0) is 5.92 Å². The molecular formula is C5H13NO2Pb. The van der Waals surface area contributed by atoms with Crippen molar-refractivity contribution in [1.82, 2.24) is 0 Å². The van der Waals surface area contributed by atoms with Gasteiger partial charge in [-0.2, -0.15) is 0 Å². The van der Waals surface area contributed by atoms with E-state index in [9.17, 15) is 4.79 Å². The van der Waals surface area contributed by atoms with Gasteiger partial charge in [0, 0.05) is 0 Å². The Bertz CT molecular complexity index is 95.0. The van der Waals surface area contributed by atoms with E-state index in [0.29, 0.717) is 0 Å². The van der Waals surface area contributed by atoms with Crippen LogP contribution >= 0.6 is 0 Å². The summed E-state index contributed by atoms with van der Waals surface area (Å²) in [6, 6.07) is -0.713. The van der Waals surface area contributed by atoms with Crippen molar-refractivity contribution in [1.29, 1.82) is 0 Å². The molecule has 0 aliphatic rings. The molecule has 3 N–H and O–H groups in total. The van der Waals surface area contributed by atoms with Gasteiger partial charge in [0.1, 0.15) is 6.04 Å². The van der Waals surface area contributed by atoms with Crippen LogP contribution in [0.5, 0.6) is 0 Å². The van der Waals surface area contributed by atoms with E-state index in [-0.39, 0.29) is 33.2 Å². The van der Waals surface area contributed by atoms with E-state index in [2.05, 4.69) is 0 Å². The maximum atomic E-state index is 10.0. The third kappa shape index (κ3) is 4.83. The van der Waals surface area contributed by atoms with E-state index in [0.717, 1.165) is 0 Å². The summed E-state index contributed by atoms with van der Waals surface area (Å²) in [6.45, 7) is 3.55. The van der Waals surface area contributed by atoms with Crippen LogP contribution < -0.4 is 5.73 Å². The molecule has 0 spiro atoms. The second-order valence-electron chi connectivity index (χ2n) is 2.11. The molecule has 0 saturated heterocycles. The van der Waals surface area contributed by atoms with Crippen LogP contribution in [0.15, 0.2) is 0 Å². The molecule has 1 atom stereocenters. The van der Waals surface area contributed by atoms with Gasteiger partial charge in [-0.25, -0.2) is 0 Å². The van der Waals surface area contributed by atoms with Gasteiger partial charge in [0.25, 0.3) is 0 Å². The summed E-state index contributed by atoms with van der Waals surface area (Å²) >= 11 is 0. The maximum absolute atomic E-state index is 10.0. The van der Waals surface area contributed by atoms with Crippen LogP contribution in [0, 0.1) is 5.92 Å². The average Bonchev–Trinajstić information content (AvgIpc) is 1.64. The summed E-state index contributed by atoms with van der Waals surface area (Å²) in [5.74, 6) is -0.910. The second-order valence-corrected chi connectivity index (χ2v) is 2.11. The molecule has 3 nitrogen and oxygen atoms in total. The number of carbonyl (C=O) groups is 1. The predicted octanol–water partition coefficient (Wildman–Crippen LogP) is -0.862. The average molecular weight is 326 g/mol. The van der Waals surface area contributed by atoms with Gasteiger partial charge in [0.05, 0.1) is 0 Å². The fraction of sp³-hybridized carbons (Fsp3) is 0.800. The number of aliphatic carboxylic acids is 1. The van der Waals surface area contributed by atoms with Crippen molar-refractivity contribution in [3.8, 4) is 0 Å². The molecule has 1 unspecified atom stereocenters. The quantitative estimate of drug-likeness (QED) is 0.649. The van der Waals surface area contributed by atoms with Crippen LogP contribution in [-0.2, 0) is 4.79 Å². The van der Waals surface area contributed by atoms with Gasteiger partial charge >= 0.3 is 33.3 Å². The minimum atomic E-state index is -0.931. The molecule has 2 radical (unpaired) electrons. The second kappa shape index (κ2) is 5.16. The molecule has 0 amide bonds. The van der Waals surface area contributed by atoms with E-state index in [1.807, 2.05) is 0 Å². The molecule has 0 bridgehead atoms. The zero-order chi connectivity index (χ0) is 6.73. The monoisotopic (exact) mass is 327 g/mol. The van der Waals surface area contributed by atoms with Crippen molar-refractivity contribution >= 4 is 33.3 Å². The standard InChI is InChI=1S/C5H11NO2.Pb.2H/c1-3(2)4(6)5(7)8;;;/h3-4H,6H2,1-2H3,(H,7,8);;;. The molecule has 0 rings (SSSR count). The number of carboxylic acids is 1. The molecule has 0 aromatic rings. The van der Waals surface area contributed by atoms with Gasteiger partial charge in [-0.15, -0.1) is 0 Å². The molecule has 0 heterocycles. The molecule has 0 aliphatic heterocycles. The first-order valence-electron chi connectivity index (χ1n) is 2.54. The summed E-state index contributed by atoms with van der Waals surface area (Å²) in [7, 11) is 0. The molecular weight excluding hydrogens is 313 g/mol. The van der Waals surface area contributed by atoms with Gasteiger partial charge in [-0.3, -0.25) is 4.79 Å². The number of rotatable bonds is 2. The van der Waals surface area contributed by atoms with Crippen molar-refractivity contribution in [2.75, 3.05) is 0 Å². The van der Waals surface area contributed by atoms with Crippen LogP contribution in [0.25, 0.3) is 0 Å². The van der Waals surface area contributed by atoms with Crippen LogP contribution in [0.4, 0.5) is 0 Å². The van der Waals surface area contributed by atoms with Crippen LogP contribution in [-0.4, -0.2) is 44.4 Å². The van der Waals surface area contributed by atoms with Gasteiger partial charge in [-0.1, -0.05) is 13.8 Å². The molecule has 54 valence electrons. The van der Waals surface area contributed by atoms with Crippen molar-refractivity contribution in [3.05, 3.63) is 0 Å². The van der Waals surface area contributed by atoms with E-state index >= 15 is 0 Å². The first-order chi connectivity index (χ1) is 3.55. The number of hydrogen-bond donors (Lipinski definition) is 2. The number of carboxylic acid groups (broad SMARTS) is 1. The first-order valence-corrected chi connectivity index (χ1v) is 2.54. The summed E-state index contributed by atoms with van der Waals surface area (Å²) in [4.78, 5) is 10.0. The van der Waals surface area contributed by atoms with Crippen LogP contribution in [0.1, 0.15) is 13.8 Å². The molecule has 4 heteroatoms. The van der Waals surface area contributed by atoms with E-state index in [1.165, 1.54) is 0 Å². The number of nitrogens with two attached hydrogens (primary N) is 1. The Hall–Kier alpha value is 0.352. The molecule has 0 aromatic heterocycles. The Morgan fingerprint density at radius 3 is 1.89 bits per heavy atom. The SMILES string of the molecule is CC(C)C(N)C(=O)O.[PbH2]. The minimum absolute atomic E-state index is 0. The summed E-state index contributed by atoms with van der Waals surface area (Å²) in [5.41, 5.74) is 5.16. The fourth-order valence-corrected chi connectivity index (χ4v) is 0.285. The van der Waals surface area contributed by atoms with E-state index in [1.54, 1.807) is 13.8 Å². The Labute approximate surface area is 74.8 Å². The molecule has 0 aromatic carbocycles. The third-order valence-electron chi connectivity index (χ3n) is 1.00. The summed E-state index contributed by atoms with van der Waals surface area (Å²) in [6.07, 6.45) is 0. The van der Waals surface area contributed by atoms with Crippen LogP contribution in [0.3, 0.4) is 0 Å². The Balaban J connectivity index is 0. The third-order valence-corrected chi connectivity index (χ3v) is 1.00. The summed E-state index contributed by atoms with van der Waals surface area (Å²) < 4.78 is 0. The van der Waals surface area contributed by atoms with E-state index < -0.39 is 12.0 Å². The van der Waals surface area contributed by atoms with Crippen molar-refractivity contribution in [2.24, 2.45) is 11.7 Å². The Morgan fingerprint density at radius 2 is 1.89 bits per heavy atom. The van der Waals surface area contributed by atoms with Gasteiger partial charge in [0.2, 0.25) is 0 Å². The van der Waals surface area contributed by atoms with Gasteiger partial charge in [0.15, 0.2) is 0 Å². The Kier molecular flexibility index (Phi) is 6.92. The normalized spacial score (nSPS) is 12.4. The zero-order valence-electron chi connectivity index (χ0n) is 5.79. The van der Waals surface area contributed by atoms with Crippen LogP contribution in [0.2, 0.25) is 0 Å². The molecule has 0 fully saturated rings. The van der Waals surface area contributed by atoms with Crippen molar-refractivity contribution < 1.29 is 9.90 Å². The first kappa shape index (κ1) is 12.1. The van der Waals surface area contributed by atoms with Crippen molar-refractivity contribution in [3.63, 3.8) is 0 Å². The Morgan fingerprint density at radius 1 is 1.56 bits per heavy atom. The molecule has 0 aliphatic carbocycles. The van der Waals surface area contributed by atoms with Crippen molar-refractivity contribution in [2.45, 2.75) is 19.9 Å². The predicted molar refractivity (Wildman–Crippen MR) is 39.0 cm³/mol. The zero-order valence-corrected chi connectivity index (χ0v) is 11.3. The summed E-state index contributed by atoms with van der Waals surface area (Å²) in [5, 5.41) is 8.23. The van der Waals surface area contributed by atoms with E-state index in [4.69, 9.17) is 10.8 Å². The molecule has 9 heavy (non-hydrogen) atoms. The topological polar surface area (TPSA) is 63.3 Å².